The third-order valence-electron chi connectivity index (χ3n) is 4.34. The van der Waals surface area contributed by atoms with Gasteiger partial charge in [0.1, 0.15) is 5.82 Å². The number of piperazine rings is 1. The van der Waals surface area contributed by atoms with E-state index in [1.807, 2.05) is 12.1 Å². The number of fused-ring (bicyclic) bond motifs is 1. The van der Waals surface area contributed by atoms with E-state index in [0.29, 0.717) is 12.6 Å². The van der Waals surface area contributed by atoms with E-state index in [1.165, 1.54) is 5.39 Å². The van der Waals surface area contributed by atoms with Crippen LogP contribution in [0.1, 0.15) is 19.4 Å². The van der Waals surface area contributed by atoms with E-state index < -0.39 is 0 Å². The van der Waals surface area contributed by atoms with Crippen LogP contribution in [0.5, 0.6) is 0 Å². The Labute approximate surface area is 126 Å². The Morgan fingerprint density at radius 1 is 1.14 bits per heavy atom. The zero-order valence-corrected chi connectivity index (χ0v) is 12.9. The molecule has 4 heteroatoms. The van der Waals surface area contributed by atoms with E-state index in [2.05, 4.69) is 41.8 Å². The topological polar surface area (TPSA) is 45.4 Å². The van der Waals surface area contributed by atoms with Crippen LogP contribution in [-0.4, -0.2) is 42.1 Å². The minimum absolute atomic E-state index is 0.539. The van der Waals surface area contributed by atoms with Gasteiger partial charge >= 0.3 is 0 Å². The fourth-order valence-electron chi connectivity index (χ4n) is 3.02. The molecule has 0 saturated carbocycles. The molecule has 3 rings (SSSR count). The van der Waals surface area contributed by atoms with Crippen LogP contribution in [0.2, 0.25) is 0 Å². The van der Waals surface area contributed by atoms with E-state index in [1.54, 1.807) is 0 Å². The molecule has 0 amide bonds. The first-order chi connectivity index (χ1) is 10.2. The highest BCUT2D eigenvalue weighted by Gasteiger charge is 2.21. The summed E-state index contributed by atoms with van der Waals surface area (Å²) in [6, 6.07) is 11.1. The summed E-state index contributed by atoms with van der Waals surface area (Å²) in [4.78, 5) is 9.76. The van der Waals surface area contributed by atoms with Crippen molar-refractivity contribution in [3.05, 3.63) is 35.9 Å². The fraction of sp³-hybridized carbons (Fsp3) is 0.471. The average Bonchev–Trinajstić information content (AvgIpc) is 2.53. The Morgan fingerprint density at radius 2 is 1.86 bits per heavy atom. The summed E-state index contributed by atoms with van der Waals surface area (Å²) in [5.41, 5.74) is 8.14. The molecule has 0 spiro atoms. The largest absolute Gasteiger partial charge is 0.354 e. The van der Waals surface area contributed by atoms with E-state index >= 15 is 0 Å². The zero-order valence-electron chi connectivity index (χ0n) is 12.9. The zero-order chi connectivity index (χ0) is 14.8. The Balaban J connectivity index is 1.89. The summed E-state index contributed by atoms with van der Waals surface area (Å²) in [7, 11) is 0. The van der Waals surface area contributed by atoms with Gasteiger partial charge in [0.25, 0.3) is 0 Å². The molecule has 1 aliphatic heterocycles. The molecule has 2 aromatic rings. The first kappa shape index (κ1) is 14.3. The maximum atomic E-state index is 5.95. The summed E-state index contributed by atoms with van der Waals surface area (Å²) < 4.78 is 0. The summed E-state index contributed by atoms with van der Waals surface area (Å²) in [5, 5.41) is 1.17. The predicted molar refractivity (Wildman–Crippen MR) is 88.6 cm³/mol. The van der Waals surface area contributed by atoms with Gasteiger partial charge in [0.05, 0.1) is 5.52 Å². The number of rotatable bonds is 3. The lowest BCUT2D eigenvalue weighted by atomic mass is 10.1. The molecule has 1 fully saturated rings. The molecule has 1 aromatic carbocycles. The Morgan fingerprint density at radius 3 is 2.52 bits per heavy atom. The number of hydrogen-bond donors (Lipinski definition) is 1. The number of aromatic nitrogens is 1. The second-order valence-corrected chi connectivity index (χ2v) is 5.98. The molecule has 1 aliphatic rings. The normalized spacial score (nSPS) is 16.9. The smallest absolute Gasteiger partial charge is 0.133 e. The third-order valence-corrected chi connectivity index (χ3v) is 4.34. The van der Waals surface area contributed by atoms with Gasteiger partial charge < -0.3 is 10.6 Å². The molecular weight excluding hydrogens is 260 g/mol. The van der Waals surface area contributed by atoms with Crippen molar-refractivity contribution in [2.45, 2.75) is 26.4 Å². The van der Waals surface area contributed by atoms with Crippen LogP contribution in [0.4, 0.5) is 5.82 Å². The molecule has 0 aliphatic carbocycles. The predicted octanol–water partition coefficient (Wildman–Crippen LogP) is 2.22. The molecule has 0 atom stereocenters. The number of nitrogens with zero attached hydrogens (tertiary/aromatic N) is 3. The number of nitrogens with two attached hydrogens (primary N) is 1. The highest BCUT2D eigenvalue weighted by atomic mass is 15.3. The van der Waals surface area contributed by atoms with Gasteiger partial charge in [-0.15, -0.1) is 0 Å². The van der Waals surface area contributed by atoms with Gasteiger partial charge in [-0.1, -0.05) is 18.2 Å². The lowest BCUT2D eigenvalue weighted by Gasteiger charge is -2.38. The van der Waals surface area contributed by atoms with Crippen molar-refractivity contribution in [2.24, 2.45) is 5.73 Å². The van der Waals surface area contributed by atoms with Crippen molar-refractivity contribution < 1.29 is 0 Å². The summed E-state index contributed by atoms with van der Waals surface area (Å²) in [6.45, 7) is 9.29. The van der Waals surface area contributed by atoms with Crippen molar-refractivity contribution in [2.75, 3.05) is 31.1 Å². The van der Waals surface area contributed by atoms with Crippen molar-refractivity contribution in [1.29, 1.82) is 0 Å². The number of pyridine rings is 1. The fourth-order valence-corrected chi connectivity index (χ4v) is 3.02. The first-order valence-corrected chi connectivity index (χ1v) is 7.77. The Hall–Kier alpha value is -1.65. The van der Waals surface area contributed by atoms with E-state index in [0.717, 1.165) is 43.1 Å². The minimum atomic E-state index is 0.539. The standard InChI is InChI=1S/C17H24N4/c1-13(2)20-7-9-21(10-8-20)17-15(12-18)11-14-5-3-4-6-16(14)19-17/h3-6,11,13H,7-10,12,18H2,1-2H3. The second kappa shape index (κ2) is 6.00. The average molecular weight is 284 g/mol. The molecule has 21 heavy (non-hydrogen) atoms. The number of para-hydroxylation sites is 1. The SMILES string of the molecule is CC(C)N1CCN(c2nc3ccccc3cc2CN)CC1. The first-order valence-electron chi connectivity index (χ1n) is 7.77. The summed E-state index contributed by atoms with van der Waals surface area (Å²) in [6.07, 6.45) is 0. The Bertz CT molecular complexity index is 615. The van der Waals surface area contributed by atoms with Crippen LogP contribution in [0, 0.1) is 0 Å². The van der Waals surface area contributed by atoms with Gasteiger partial charge in [0.2, 0.25) is 0 Å². The highest BCUT2D eigenvalue weighted by Crippen LogP contribution is 2.24. The Kier molecular flexibility index (Phi) is 4.08. The molecule has 1 saturated heterocycles. The summed E-state index contributed by atoms with van der Waals surface area (Å²) in [5.74, 6) is 1.07. The van der Waals surface area contributed by atoms with Gasteiger partial charge in [-0.3, -0.25) is 4.90 Å². The van der Waals surface area contributed by atoms with E-state index in [-0.39, 0.29) is 0 Å². The van der Waals surface area contributed by atoms with Gasteiger partial charge in [0, 0.05) is 49.7 Å². The van der Waals surface area contributed by atoms with Crippen LogP contribution >= 0.6 is 0 Å². The van der Waals surface area contributed by atoms with Gasteiger partial charge in [-0.2, -0.15) is 0 Å². The van der Waals surface area contributed by atoms with Crippen LogP contribution in [0.3, 0.4) is 0 Å². The monoisotopic (exact) mass is 284 g/mol. The lowest BCUT2D eigenvalue weighted by molar-refractivity contribution is 0.209. The van der Waals surface area contributed by atoms with Crippen LogP contribution < -0.4 is 10.6 Å². The molecule has 4 nitrogen and oxygen atoms in total. The number of hydrogen-bond acceptors (Lipinski definition) is 4. The van der Waals surface area contributed by atoms with Crippen LogP contribution in [0.15, 0.2) is 30.3 Å². The van der Waals surface area contributed by atoms with Crippen LogP contribution in [-0.2, 0) is 6.54 Å². The summed E-state index contributed by atoms with van der Waals surface area (Å²) >= 11 is 0. The number of anilines is 1. The van der Waals surface area contributed by atoms with Gasteiger partial charge in [-0.05, 0) is 26.0 Å². The maximum Gasteiger partial charge on any atom is 0.133 e. The lowest BCUT2D eigenvalue weighted by Crippen LogP contribution is -2.49. The van der Waals surface area contributed by atoms with E-state index in [9.17, 15) is 0 Å². The van der Waals surface area contributed by atoms with Gasteiger partial charge in [0.15, 0.2) is 0 Å². The van der Waals surface area contributed by atoms with E-state index in [4.69, 9.17) is 10.7 Å². The molecule has 0 unspecified atom stereocenters. The molecule has 0 bridgehead atoms. The molecule has 2 N–H and O–H groups in total. The maximum absolute atomic E-state index is 5.95. The molecule has 2 heterocycles. The van der Waals surface area contributed by atoms with Crippen molar-refractivity contribution >= 4 is 16.7 Å². The third kappa shape index (κ3) is 2.87. The van der Waals surface area contributed by atoms with Crippen molar-refractivity contribution in [3.8, 4) is 0 Å². The molecule has 112 valence electrons. The quantitative estimate of drug-likeness (QED) is 0.939. The van der Waals surface area contributed by atoms with Crippen molar-refractivity contribution in [1.82, 2.24) is 9.88 Å². The molecule has 0 radical (unpaired) electrons. The highest BCUT2D eigenvalue weighted by molar-refractivity contribution is 5.81. The van der Waals surface area contributed by atoms with Crippen molar-refractivity contribution in [3.63, 3.8) is 0 Å². The van der Waals surface area contributed by atoms with Gasteiger partial charge in [-0.25, -0.2) is 4.98 Å². The number of benzene rings is 1. The van der Waals surface area contributed by atoms with Crippen LogP contribution in [0.25, 0.3) is 10.9 Å². The minimum Gasteiger partial charge on any atom is -0.354 e. The second-order valence-electron chi connectivity index (χ2n) is 5.98. The molecule has 1 aromatic heterocycles. The molecular formula is C17H24N4.